The second-order valence-electron chi connectivity index (χ2n) is 5.66. The van der Waals surface area contributed by atoms with Crippen LogP contribution in [0, 0.1) is 10.1 Å². The Bertz CT molecular complexity index is 1200. The van der Waals surface area contributed by atoms with E-state index in [1.54, 1.807) is 6.07 Å². The molecule has 0 aliphatic carbocycles. The molecule has 0 fully saturated rings. The number of nitrogens with zero attached hydrogens (tertiary/aromatic N) is 2. The Morgan fingerprint density at radius 3 is 2.54 bits per heavy atom. The predicted octanol–water partition coefficient (Wildman–Crippen LogP) is 4.16. The van der Waals surface area contributed by atoms with Crippen molar-refractivity contribution >= 4 is 57.4 Å². The van der Waals surface area contributed by atoms with Gasteiger partial charge in [-0.05, 0) is 30.3 Å². The smallest absolute Gasteiger partial charge is 0.270 e. The fourth-order valence-electron chi connectivity index (χ4n) is 2.39. The molecule has 8 nitrogen and oxygen atoms in total. The molecular formula is C18H11Cl2N3O5. The summed E-state index contributed by atoms with van der Waals surface area (Å²) in [4.78, 5) is 38.4. The van der Waals surface area contributed by atoms with Crippen LogP contribution in [-0.4, -0.2) is 16.7 Å². The van der Waals surface area contributed by atoms with E-state index in [4.69, 9.17) is 27.6 Å². The van der Waals surface area contributed by atoms with E-state index in [2.05, 4.69) is 10.3 Å². The van der Waals surface area contributed by atoms with Gasteiger partial charge in [0, 0.05) is 29.5 Å². The maximum absolute atomic E-state index is 12.4. The van der Waals surface area contributed by atoms with E-state index in [-0.39, 0.29) is 33.1 Å². The van der Waals surface area contributed by atoms with Gasteiger partial charge in [0.25, 0.3) is 11.6 Å². The molecule has 3 rings (SSSR count). The van der Waals surface area contributed by atoms with Gasteiger partial charge in [0.05, 0.1) is 15.6 Å². The maximum Gasteiger partial charge on any atom is 0.270 e. The average Bonchev–Trinajstić information content (AvgIpc) is 2.62. The Balaban J connectivity index is 2.28. The molecule has 10 heteroatoms. The van der Waals surface area contributed by atoms with Gasteiger partial charge in [0.2, 0.25) is 11.5 Å². The van der Waals surface area contributed by atoms with Gasteiger partial charge in [-0.15, -0.1) is 0 Å². The van der Waals surface area contributed by atoms with Gasteiger partial charge in [0.15, 0.2) is 0 Å². The second-order valence-corrected chi connectivity index (χ2v) is 6.51. The topological polar surface area (TPSA) is 115 Å². The third-order valence-corrected chi connectivity index (χ3v) is 4.14. The van der Waals surface area contributed by atoms with Crippen LogP contribution in [-0.2, 0) is 4.79 Å². The predicted molar refractivity (Wildman–Crippen MR) is 103 cm³/mol. The van der Waals surface area contributed by atoms with Crippen molar-refractivity contribution in [2.24, 2.45) is 4.99 Å². The van der Waals surface area contributed by atoms with Gasteiger partial charge < -0.3 is 4.42 Å². The first-order valence-electron chi connectivity index (χ1n) is 7.78. The minimum absolute atomic E-state index is 0.0887. The van der Waals surface area contributed by atoms with Crippen LogP contribution in [0.4, 0.5) is 11.4 Å². The van der Waals surface area contributed by atoms with Crippen molar-refractivity contribution < 1.29 is 18.9 Å². The number of benzene rings is 2. The van der Waals surface area contributed by atoms with Crippen LogP contribution in [0.25, 0.3) is 11.0 Å². The highest BCUT2D eigenvalue weighted by molar-refractivity contribution is 6.36. The largest absolute Gasteiger partial charge is 0.438 e. The Kier molecular flexibility index (Phi) is 5.43. The number of carbonyl (C=O) groups excluding carboxylic acids is 2. The van der Waals surface area contributed by atoms with Crippen molar-refractivity contribution in [3.8, 4) is 0 Å². The van der Waals surface area contributed by atoms with Crippen LogP contribution in [0.3, 0.4) is 0 Å². The number of carbonyl (C=O) groups is 2. The standard InChI is InChI=1S/C18H11Cl2N3O5/c1-9(24)21-17(25)13-7-10-6-12(23(26)27)3-5-16(10)28-18(13)22-15-4-2-11(19)8-14(15)20/h2-8H,1H3,(H,21,24,25). The highest BCUT2D eigenvalue weighted by Crippen LogP contribution is 2.28. The zero-order chi connectivity index (χ0) is 20.4. The van der Waals surface area contributed by atoms with Crippen LogP contribution in [0.1, 0.15) is 17.3 Å². The molecule has 2 aromatic carbocycles. The number of non-ortho nitro benzene ring substituents is 1. The second kappa shape index (κ2) is 7.79. The first-order valence-corrected chi connectivity index (χ1v) is 8.54. The minimum atomic E-state index is -0.770. The van der Waals surface area contributed by atoms with E-state index in [0.29, 0.717) is 10.4 Å². The molecule has 0 saturated carbocycles. The Labute approximate surface area is 167 Å². The van der Waals surface area contributed by atoms with Gasteiger partial charge >= 0.3 is 0 Å². The van der Waals surface area contributed by atoms with Crippen LogP contribution >= 0.6 is 23.2 Å². The number of halogens is 2. The Morgan fingerprint density at radius 1 is 1.14 bits per heavy atom. The van der Waals surface area contributed by atoms with E-state index < -0.39 is 16.7 Å². The lowest BCUT2D eigenvalue weighted by Gasteiger charge is -2.05. The van der Waals surface area contributed by atoms with Gasteiger partial charge in [-0.1, -0.05) is 23.2 Å². The van der Waals surface area contributed by atoms with Crippen LogP contribution < -0.4 is 10.9 Å². The highest BCUT2D eigenvalue weighted by Gasteiger charge is 2.16. The first-order chi connectivity index (χ1) is 13.2. The molecule has 0 radical (unpaired) electrons. The summed E-state index contributed by atoms with van der Waals surface area (Å²) in [6.07, 6.45) is 0. The maximum atomic E-state index is 12.4. The zero-order valence-electron chi connectivity index (χ0n) is 14.2. The van der Waals surface area contributed by atoms with Gasteiger partial charge in [-0.2, -0.15) is 0 Å². The number of amides is 2. The molecule has 3 aromatic rings. The fraction of sp³-hybridized carbons (Fsp3) is 0.0556. The van der Waals surface area contributed by atoms with Crippen molar-refractivity contribution in [1.29, 1.82) is 0 Å². The molecule has 1 heterocycles. The Morgan fingerprint density at radius 2 is 1.89 bits per heavy atom. The van der Waals surface area contributed by atoms with Crippen molar-refractivity contribution in [3.05, 3.63) is 73.7 Å². The van der Waals surface area contributed by atoms with Gasteiger partial charge in [-0.25, -0.2) is 4.99 Å². The molecule has 28 heavy (non-hydrogen) atoms. The lowest BCUT2D eigenvalue weighted by molar-refractivity contribution is -0.384. The minimum Gasteiger partial charge on any atom is -0.438 e. The lowest BCUT2D eigenvalue weighted by Crippen LogP contribution is -2.32. The average molecular weight is 420 g/mol. The summed E-state index contributed by atoms with van der Waals surface area (Å²) >= 11 is 12.0. The van der Waals surface area contributed by atoms with Crippen molar-refractivity contribution in [2.45, 2.75) is 6.92 Å². The van der Waals surface area contributed by atoms with Gasteiger partial charge in [0.1, 0.15) is 11.1 Å². The number of fused-ring (bicyclic) bond motifs is 1. The highest BCUT2D eigenvalue weighted by atomic mass is 35.5. The number of hydrogen-bond donors (Lipinski definition) is 1. The summed E-state index contributed by atoms with van der Waals surface area (Å²) in [5.74, 6) is -1.35. The molecule has 0 unspecified atom stereocenters. The van der Waals surface area contributed by atoms with Crippen LogP contribution in [0.2, 0.25) is 10.0 Å². The summed E-state index contributed by atoms with van der Waals surface area (Å²) in [6, 6.07) is 9.83. The Hall–Kier alpha value is -3.23. The molecule has 0 aliphatic rings. The molecule has 0 saturated heterocycles. The van der Waals surface area contributed by atoms with E-state index in [0.717, 1.165) is 0 Å². The summed E-state index contributed by atoms with van der Waals surface area (Å²) < 4.78 is 5.67. The number of nitrogens with one attached hydrogen (secondary N) is 1. The normalized spacial score (nSPS) is 11.5. The molecule has 0 bridgehead atoms. The summed E-state index contributed by atoms with van der Waals surface area (Å²) in [5, 5.41) is 14.0. The van der Waals surface area contributed by atoms with Gasteiger partial charge in [-0.3, -0.25) is 25.0 Å². The number of imide groups is 1. The SMILES string of the molecule is CC(=O)NC(=O)c1cc2cc([N+](=O)[O-])ccc2oc1=Nc1ccc(Cl)cc1Cl. The van der Waals surface area contributed by atoms with Crippen molar-refractivity contribution in [1.82, 2.24) is 5.32 Å². The molecule has 0 aliphatic heterocycles. The van der Waals surface area contributed by atoms with E-state index in [1.807, 2.05) is 0 Å². The molecule has 0 atom stereocenters. The van der Waals surface area contributed by atoms with E-state index in [9.17, 15) is 19.7 Å². The number of rotatable bonds is 3. The monoisotopic (exact) mass is 419 g/mol. The van der Waals surface area contributed by atoms with E-state index >= 15 is 0 Å². The molecular weight excluding hydrogens is 409 g/mol. The summed E-state index contributed by atoms with van der Waals surface area (Å²) in [6.45, 7) is 1.17. The third kappa shape index (κ3) is 4.19. The van der Waals surface area contributed by atoms with Crippen LogP contribution in [0.15, 0.2) is 51.9 Å². The summed E-state index contributed by atoms with van der Waals surface area (Å²) in [5.41, 5.74) is 0.159. The molecule has 1 aromatic heterocycles. The third-order valence-electron chi connectivity index (χ3n) is 3.61. The fourth-order valence-corrected chi connectivity index (χ4v) is 2.84. The number of hydrogen-bond acceptors (Lipinski definition) is 6. The molecule has 2 amide bonds. The lowest BCUT2D eigenvalue weighted by atomic mass is 10.1. The molecule has 142 valence electrons. The number of nitro groups is 1. The van der Waals surface area contributed by atoms with E-state index in [1.165, 1.54) is 43.3 Å². The van der Waals surface area contributed by atoms with Crippen molar-refractivity contribution in [2.75, 3.05) is 0 Å². The first kappa shape index (κ1) is 19.5. The molecule has 0 spiro atoms. The zero-order valence-corrected chi connectivity index (χ0v) is 15.7. The van der Waals surface area contributed by atoms with Crippen molar-refractivity contribution in [3.63, 3.8) is 0 Å². The quantitative estimate of drug-likeness (QED) is 0.505. The molecule has 1 N–H and O–H groups in total. The number of nitro benzene ring substituents is 1. The summed E-state index contributed by atoms with van der Waals surface area (Å²) in [7, 11) is 0. The van der Waals surface area contributed by atoms with Crippen LogP contribution in [0.5, 0.6) is 0 Å².